The van der Waals surface area contributed by atoms with Gasteiger partial charge in [-0.25, -0.2) is 0 Å². The lowest BCUT2D eigenvalue weighted by Crippen LogP contribution is -2.28. The van der Waals surface area contributed by atoms with Crippen LogP contribution in [0.15, 0.2) is 237 Å². The fourth-order valence-electron chi connectivity index (χ4n) is 10.5. The topological polar surface area (TPSA) is 3.24 Å². The zero-order valence-corrected chi connectivity index (χ0v) is 36.4. The van der Waals surface area contributed by atoms with Gasteiger partial charge in [0.2, 0.25) is 0 Å². The van der Waals surface area contributed by atoms with Crippen molar-refractivity contribution in [2.45, 2.75) is 5.41 Å². The van der Waals surface area contributed by atoms with Gasteiger partial charge in [0.1, 0.15) is 0 Å². The number of rotatable bonds is 7. The van der Waals surface area contributed by atoms with E-state index in [4.69, 9.17) is 0 Å². The molecular formula is C61H39NS2. The van der Waals surface area contributed by atoms with E-state index >= 15 is 0 Å². The molecule has 0 atom stereocenters. The van der Waals surface area contributed by atoms with Crippen LogP contribution in [-0.2, 0) is 5.41 Å². The van der Waals surface area contributed by atoms with E-state index in [1.165, 1.54) is 102 Å². The summed E-state index contributed by atoms with van der Waals surface area (Å²) in [6.45, 7) is 0. The van der Waals surface area contributed by atoms with Crippen molar-refractivity contribution in [3.8, 4) is 33.4 Å². The van der Waals surface area contributed by atoms with Gasteiger partial charge in [0, 0.05) is 47.0 Å². The summed E-state index contributed by atoms with van der Waals surface area (Å²) in [5.41, 5.74) is 15.6. The Bertz CT molecular complexity index is 3670. The molecule has 1 aliphatic rings. The summed E-state index contributed by atoms with van der Waals surface area (Å²) in [5.74, 6) is 0. The Morgan fingerprint density at radius 3 is 1.48 bits per heavy atom. The number of hydrogen-bond acceptors (Lipinski definition) is 3. The summed E-state index contributed by atoms with van der Waals surface area (Å²) < 4.78 is 5.25. The number of thiophene rings is 2. The molecule has 2 heterocycles. The minimum Gasteiger partial charge on any atom is -0.309 e. The SMILES string of the molecule is c1ccc(C2(c3ccccc3)c3ccccc3-c3cc(N(c4ccc(-c5ccc(-c6cccc7c6sc6ccccc67)cc5)cc4)c4cccc5c4sc4ccccc45)ccc32)cc1. The Morgan fingerprint density at radius 1 is 0.312 bits per heavy atom. The van der Waals surface area contributed by atoms with Crippen LogP contribution in [0.25, 0.3) is 73.7 Å². The molecule has 300 valence electrons. The van der Waals surface area contributed by atoms with Gasteiger partial charge in [0.05, 0.1) is 15.8 Å². The first-order valence-corrected chi connectivity index (χ1v) is 23.5. The fraction of sp³-hybridized carbons (Fsp3) is 0.0164. The Kier molecular flexibility index (Phi) is 8.55. The van der Waals surface area contributed by atoms with Gasteiger partial charge in [-0.3, -0.25) is 0 Å². The molecule has 1 nitrogen and oxygen atoms in total. The molecule has 1 aliphatic carbocycles. The molecule has 0 radical (unpaired) electrons. The molecule has 2 aromatic heterocycles. The van der Waals surface area contributed by atoms with E-state index in [2.05, 4.69) is 241 Å². The van der Waals surface area contributed by atoms with Crippen LogP contribution in [0.2, 0.25) is 0 Å². The van der Waals surface area contributed by atoms with Gasteiger partial charge in [0.15, 0.2) is 0 Å². The van der Waals surface area contributed by atoms with Crippen molar-refractivity contribution in [2.24, 2.45) is 0 Å². The van der Waals surface area contributed by atoms with Crippen molar-refractivity contribution in [1.29, 1.82) is 0 Å². The lowest BCUT2D eigenvalue weighted by molar-refractivity contribution is 0.768. The Balaban J connectivity index is 0.951. The average Bonchev–Trinajstić information content (AvgIpc) is 4.04. The number of nitrogens with zero attached hydrogens (tertiary/aromatic N) is 1. The second-order valence-corrected chi connectivity index (χ2v) is 18.9. The number of benzene rings is 10. The van der Waals surface area contributed by atoms with E-state index in [0.29, 0.717) is 0 Å². The third-order valence-corrected chi connectivity index (χ3v) is 15.8. The molecule has 64 heavy (non-hydrogen) atoms. The number of anilines is 3. The van der Waals surface area contributed by atoms with E-state index in [0.717, 1.165) is 11.4 Å². The van der Waals surface area contributed by atoms with E-state index in [1.54, 1.807) is 0 Å². The van der Waals surface area contributed by atoms with Crippen LogP contribution in [0.3, 0.4) is 0 Å². The first-order valence-electron chi connectivity index (χ1n) is 21.9. The molecule has 0 aliphatic heterocycles. The highest BCUT2D eigenvalue weighted by molar-refractivity contribution is 7.26. The van der Waals surface area contributed by atoms with Crippen molar-refractivity contribution < 1.29 is 0 Å². The largest absolute Gasteiger partial charge is 0.309 e. The molecule has 10 aromatic carbocycles. The summed E-state index contributed by atoms with van der Waals surface area (Å²) >= 11 is 3.76. The standard InChI is InChI=1S/C61H39NS2/c1-3-15-43(16-4-1)61(44-17-5-2-6-18-44)54-25-10-7-19-48(54)53-39-46(37-38-55(53)61)62(56-26-14-24-52-50-21-9-12-28-58(50)64-60(52)56)45-35-33-41(34-36-45)40-29-31-42(32-30-40)47-22-13-23-51-49-20-8-11-27-57(49)63-59(47)51/h1-39H. The van der Waals surface area contributed by atoms with Gasteiger partial charge in [-0.1, -0.05) is 194 Å². The van der Waals surface area contributed by atoms with Crippen molar-refractivity contribution in [2.75, 3.05) is 4.90 Å². The number of hydrogen-bond donors (Lipinski definition) is 0. The molecule has 0 spiro atoms. The maximum Gasteiger partial charge on any atom is 0.0713 e. The smallest absolute Gasteiger partial charge is 0.0713 e. The van der Waals surface area contributed by atoms with E-state index in [-0.39, 0.29) is 0 Å². The maximum atomic E-state index is 2.48. The molecule has 0 bridgehead atoms. The predicted octanol–water partition coefficient (Wildman–Crippen LogP) is 17.6. The average molecular weight is 850 g/mol. The van der Waals surface area contributed by atoms with Crippen LogP contribution >= 0.6 is 22.7 Å². The Morgan fingerprint density at radius 2 is 0.797 bits per heavy atom. The van der Waals surface area contributed by atoms with Crippen molar-refractivity contribution >= 4 is 80.1 Å². The van der Waals surface area contributed by atoms with Crippen molar-refractivity contribution in [1.82, 2.24) is 0 Å². The first-order chi connectivity index (χ1) is 31.7. The molecule has 0 amide bonds. The van der Waals surface area contributed by atoms with E-state index in [9.17, 15) is 0 Å². The molecule has 13 rings (SSSR count). The monoisotopic (exact) mass is 849 g/mol. The van der Waals surface area contributed by atoms with Gasteiger partial charge >= 0.3 is 0 Å². The van der Waals surface area contributed by atoms with Gasteiger partial charge < -0.3 is 4.90 Å². The Hall–Kier alpha value is -7.56. The van der Waals surface area contributed by atoms with E-state index in [1.807, 2.05) is 22.7 Å². The van der Waals surface area contributed by atoms with Crippen LogP contribution in [0.5, 0.6) is 0 Å². The quantitative estimate of drug-likeness (QED) is 0.154. The zero-order chi connectivity index (χ0) is 42.2. The van der Waals surface area contributed by atoms with Gasteiger partial charge in [-0.05, 0) is 98.1 Å². The minimum absolute atomic E-state index is 0.453. The molecule has 12 aromatic rings. The highest BCUT2D eigenvalue weighted by atomic mass is 32.1. The van der Waals surface area contributed by atoms with E-state index < -0.39 is 5.41 Å². The summed E-state index contributed by atoms with van der Waals surface area (Å²) in [6, 6.07) is 87.6. The summed E-state index contributed by atoms with van der Waals surface area (Å²) in [5, 5.41) is 5.23. The van der Waals surface area contributed by atoms with Crippen LogP contribution in [0.1, 0.15) is 22.3 Å². The molecule has 0 fully saturated rings. The van der Waals surface area contributed by atoms with Crippen LogP contribution in [0, 0.1) is 0 Å². The van der Waals surface area contributed by atoms with Crippen LogP contribution < -0.4 is 4.90 Å². The van der Waals surface area contributed by atoms with Crippen LogP contribution in [-0.4, -0.2) is 0 Å². The molecule has 3 heteroatoms. The first kappa shape index (κ1) is 37.0. The van der Waals surface area contributed by atoms with Crippen molar-refractivity contribution in [3.05, 3.63) is 259 Å². The minimum atomic E-state index is -0.453. The molecule has 0 unspecified atom stereocenters. The fourth-order valence-corrected chi connectivity index (χ4v) is 13.0. The Labute approximate surface area is 380 Å². The molecule has 0 saturated carbocycles. The summed E-state index contributed by atoms with van der Waals surface area (Å²) in [4.78, 5) is 2.48. The summed E-state index contributed by atoms with van der Waals surface area (Å²) in [7, 11) is 0. The predicted molar refractivity (Wildman–Crippen MR) is 275 cm³/mol. The molecule has 0 N–H and O–H groups in total. The van der Waals surface area contributed by atoms with Crippen LogP contribution in [0.4, 0.5) is 17.1 Å². The third-order valence-electron chi connectivity index (χ3n) is 13.4. The zero-order valence-electron chi connectivity index (χ0n) is 34.8. The van der Waals surface area contributed by atoms with Gasteiger partial charge in [-0.2, -0.15) is 0 Å². The second-order valence-electron chi connectivity index (χ2n) is 16.7. The second kappa shape index (κ2) is 14.8. The summed E-state index contributed by atoms with van der Waals surface area (Å²) in [6.07, 6.45) is 0. The molecular weight excluding hydrogens is 811 g/mol. The normalized spacial score (nSPS) is 12.8. The lowest BCUT2D eigenvalue weighted by atomic mass is 9.68. The third kappa shape index (κ3) is 5.61. The highest BCUT2D eigenvalue weighted by Gasteiger charge is 2.46. The van der Waals surface area contributed by atoms with Crippen molar-refractivity contribution in [3.63, 3.8) is 0 Å². The van der Waals surface area contributed by atoms with Gasteiger partial charge in [-0.15, -0.1) is 22.7 Å². The van der Waals surface area contributed by atoms with Gasteiger partial charge in [0.25, 0.3) is 0 Å². The number of fused-ring (bicyclic) bond motifs is 9. The highest BCUT2D eigenvalue weighted by Crippen LogP contribution is 2.57. The lowest BCUT2D eigenvalue weighted by Gasteiger charge is -2.34. The molecule has 0 saturated heterocycles. The maximum absolute atomic E-state index is 2.48.